The van der Waals surface area contributed by atoms with E-state index in [0.717, 1.165) is 11.1 Å². The second kappa shape index (κ2) is 10.1. The molecule has 0 radical (unpaired) electrons. The molecule has 37 heavy (non-hydrogen) atoms. The van der Waals surface area contributed by atoms with E-state index in [1.54, 1.807) is 22.9 Å². The molecule has 0 aliphatic carbocycles. The van der Waals surface area contributed by atoms with E-state index in [4.69, 9.17) is 24.9 Å². The first-order valence-electron chi connectivity index (χ1n) is 12.3. The summed E-state index contributed by atoms with van der Waals surface area (Å²) in [7, 11) is 0. The van der Waals surface area contributed by atoms with Gasteiger partial charge in [-0.15, -0.1) is 0 Å². The van der Waals surface area contributed by atoms with E-state index in [-0.39, 0.29) is 36.4 Å². The number of nitrogens with zero attached hydrogens (tertiary/aromatic N) is 3. The maximum Gasteiger partial charge on any atom is 0.278 e. The Morgan fingerprint density at radius 2 is 2.05 bits per heavy atom. The molecule has 0 fully saturated rings. The van der Waals surface area contributed by atoms with Gasteiger partial charge in [-0.05, 0) is 50.6 Å². The molecule has 192 valence electrons. The van der Waals surface area contributed by atoms with Gasteiger partial charge in [-0.2, -0.15) is 0 Å². The summed E-state index contributed by atoms with van der Waals surface area (Å²) >= 11 is 0. The predicted octanol–water partition coefficient (Wildman–Crippen LogP) is 2.50. The van der Waals surface area contributed by atoms with Crippen molar-refractivity contribution >= 4 is 28.4 Å². The number of anilines is 1. The summed E-state index contributed by atoms with van der Waals surface area (Å²) in [6.07, 6.45) is 2.41. The third-order valence-electron chi connectivity index (χ3n) is 6.29. The van der Waals surface area contributed by atoms with Crippen LogP contribution in [-0.4, -0.2) is 34.8 Å². The summed E-state index contributed by atoms with van der Waals surface area (Å²) in [5, 5.41) is 3.22. The van der Waals surface area contributed by atoms with Gasteiger partial charge in [-0.3, -0.25) is 14.0 Å². The highest BCUT2D eigenvalue weighted by molar-refractivity contribution is 6.00. The summed E-state index contributed by atoms with van der Waals surface area (Å²) in [6.45, 7) is 7.22. The van der Waals surface area contributed by atoms with E-state index < -0.39 is 5.91 Å². The van der Waals surface area contributed by atoms with Crippen LogP contribution in [0.25, 0.3) is 16.7 Å². The second-order valence-electron chi connectivity index (χ2n) is 9.28. The minimum absolute atomic E-state index is 0.0988. The molecule has 3 aromatic heterocycles. The van der Waals surface area contributed by atoms with Crippen LogP contribution in [0.2, 0.25) is 0 Å². The molecule has 1 aliphatic rings. The van der Waals surface area contributed by atoms with Gasteiger partial charge in [-0.1, -0.05) is 17.1 Å². The minimum Gasteiger partial charge on any atom is -0.454 e. The molecule has 0 saturated carbocycles. The number of nitrogens with two attached hydrogens (primary N) is 1. The van der Waals surface area contributed by atoms with Gasteiger partial charge in [0.2, 0.25) is 18.3 Å². The SMILES string of the molecule is Cc1cccn2c(=O)c3cc(C(=O)NCc4ccc5c(c4)OCO5)c(N)[n+](CCCOC(C)C)c3nc12. The van der Waals surface area contributed by atoms with E-state index in [2.05, 4.69) is 5.32 Å². The number of hydrogen-bond acceptors (Lipinski definition) is 7. The van der Waals surface area contributed by atoms with Crippen LogP contribution in [0.3, 0.4) is 0 Å². The van der Waals surface area contributed by atoms with E-state index in [1.807, 2.05) is 39.0 Å². The number of fused-ring (bicyclic) bond motifs is 3. The Morgan fingerprint density at radius 3 is 2.86 bits per heavy atom. The number of carbonyl (C=O) groups is 1. The maximum atomic E-state index is 13.5. The van der Waals surface area contributed by atoms with Gasteiger partial charge in [-0.25, -0.2) is 4.57 Å². The molecular weight excluding hydrogens is 474 g/mol. The van der Waals surface area contributed by atoms with Gasteiger partial charge in [0.1, 0.15) is 10.9 Å². The molecule has 0 atom stereocenters. The Bertz CT molecular complexity index is 1560. The molecule has 1 amide bonds. The zero-order valence-electron chi connectivity index (χ0n) is 21.1. The van der Waals surface area contributed by atoms with Crippen LogP contribution in [0.5, 0.6) is 11.5 Å². The van der Waals surface area contributed by atoms with E-state index in [1.165, 1.54) is 10.5 Å². The Hall–Kier alpha value is -4.18. The quantitative estimate of drug-likeness (QED) is 0.215. The van der Waals surface area contributed by atoms with Crippen molar-refractivity contribution in [2.75, 3.05) is 19.1 Å². The van der Waals surface area contributed by atoms with Crippen molar-refractivity contribution in [3.8, 4) is 11.5 Å². The van der Waals surface area contributed by atoms with Crippen LogP contribution in [0.1, 0.15) is 41.8 Å². The first-order chi connectivity index (χ1) is 17.8. The van der Waals surface area contributed by atoms with Crippen LogP contribution in [0.4, 0.5) is 5.82 Å². The molecule has 0 saturated heterocycles. The summed E-state index contributed by atoms with van der Waals surface area (Å²) in [4.78, 5) is 31.6. The first-order valence-corrected chi connectivity index (χ1v) is 12.3. The number of hydrogen-bond donors (Lipinski definition) is 2. The topological polar surface area (TPSA) is 121 Å². The van der Waals surface area contributed by atoms with Crippen molar-refractivity contribution in [2.24, 2.45) is 0 Å². The van der Waals surface area contributed by atoms with Crippen LogP contribution in [0, 0.1) is 6.92 Å². The fourth-order valence-electron chi connectivity index (χ4n) is 4.39. The van der Waals surface area contributed by atoms with Crippen molar-refractivity contribution in [3.63, 3.8) is 0 Å². The van der Waals surface area contributed by atoms with Gasteiger partial charge in [0.15, 0.2) is 11.5 Å². The molecule has 4 heterocycles. The molecule has 1 aromatic carbocycles. The van der Waals surface area contributed by atoms with Crippen LogP contribution >= 0.6 is 0 Å². The molecular formula is C27H30N5O5+. The largest absolute Gasteiger partial charge is 0.454 e. The normalized spacial score (nSPS) is 12.5. The Morgan fingerprint density at radius 1 is 1.24 bits per heavy atom. The van der Waals surface area contributed by atoms with Gasteiger partial charge in [0.25, 0.3) is 17.1 Å². The molecule has 10 heteroatoms. The number of pyridine rings is 2. The zero-order chi connectivity index (χ0) is 26.1. The fraction of sp³-hybridized carbons (Fsp3) is 0.333. The number of aryl methyl sites for hydroxylation is 2. The number of carbonyl (C=O) groups excluding carboxylic acids is 1. The van der Waals surface area contributed by atoms with Crippen molar-refractivity contribution in [3.05, 3.63) is 69.6 Å². The molecule has 0 bridgehead atoms. The lowest BCUT2D eigenvalue weighted by molar-refractivity contribution is -0.659. The smallest absolute Gasteiger partial charge is 0.278 e. The van der Waals surface area contributed by atoms with E-state index >= 15 is 0 Å². The Balaban J connectivity index is 1.52. The minimum atomic E-state index is -0.391. The lowest BCUT2D eigenvalue weighted by Crippen LogP contribution is -2.43. The molecule has 10 nitrogen and oxygen atoms in total. The Kier molecular flexibility index (Phi) is 6.66. The number of nitrogen functional groups attached to an aromatic ring is 1. The monoisotopic (exact) mass is 504 g/mol. The van der Waals surface area contributed by atoms with Gasteiger partial charge in [0.05, 0.1) is 12.6 Å². The highest BCUT2D eigenvalue weighted by Gasteiger charge is 2.25. The molecule has 4 aromatic rings. The number of rotatable bonds is 8. The second-order valence-corrected chi connectivity index (χ2v) is 9.28. The third-order valence-corrected chi connectivity index (χ3v) is 6.29. The number of benzene rings is 1. The highest BCUT2D eigenvalue weighted by Crippen LogP contribution is 2.32. The van der Waals surface area contributed by atoms with Crippen molar-refractivity contribution in [1.29, 1.82) is 0 Å². The Labute approximate surface area is 213 Å². The van der Waals surface area contributed by atoms with Gasteiger partial charge in [0, 0.05) is 31.3 Å². The van der Waals surface area contributed by atoms with Crippen molar-refractivity contribution < 1.29 is 23.6 Å². The lowest BCUT2D eigenvalue weighted by Gasteiger charge is -2.13. The van der Waals surface area contributed by atoms with Crippen LogP contribution in [0.15, 0.2) is 47.4 Å². The van der Waals surface area contributed by atoms with E-state index in [9.17, 15) is 9.59 Å². The molecule has 3 N–H and O–H groups in total. The molecule has 0 spiro atoms. The first kappa shape index (κ1) is 24.5. The molecule has 1 aliphatic heterocycles. The molecule has 0 unspecified atom stereocenters. The summed E-state index contributed by atoms with van der Waals surface area (Å²) in [5.41, 5.74) is 9.19. The molecule has 5 rings (SSSR count). The highest BCUT2D eigenvalue weighted by atomic mass is 16.7. The van der Waals surface area contributed by atoms with Crippen molar-refractivity contribution in [1.82, 2.24) is 14.7 Å². The van der Waals surface area contributed by atoms with Crippen LogP contribution < -0.4 is 30.7 Å². The van der Waals surface area contributed by atoms with Gasteiger partial charge < -0.3 is 25.3 Å². The average Bonchev–Trinajstić information content (AvgIpc) is 3.35. The van der Waals surface area contributed by atoms with Crippen molar-refractivity contribution in [2.45, 2.75) is 46.4 Å². The predicted molar refractivity (Wildman–Crippen MR) is 138 cm³/mol. The number of ether oxygens (including phenoxy) is 3. The summed E-state index contributed by atoms with van der Waals surface area (Å²) in [6, 6.07) is 10.7. The van der Waals surface area contributed by atoms with Crippen LogP contribution in [-0.2, 0) is 17.8 Å². The lowest BCUT2D eigenvalue weighted by atomic mass is 10.1. The summed E-state index contributed by atoms with van der Waals surface area (Å²) < 4.78 is 19.7. The fourth-order valence-corrected chi connectivity index (χ4v) is 4.39. The standard InChI is InChI=1S/C27H29N5O5/c1-16(2)35-11-5-10-31-23(28)19(26(33)29-14-18-7-8-21-22(12-18)37-15-36-21)13-20-25(31)30-24-17(3)6-4-9-32(24)27(20)34/h4,6-9,12-13,16,28H,5,10-11,14-15H2,1-3H3,(H,29,33)/p+1. The maximum absolute atomic E-state index is 13.5. The zero-order valence-corrected chi connectivity index (χ0v) is 21.1. The average molecular weight is 505 g/mol. The van der Waals surface area contributed by atoms with E-state index in [0.29, 0.717) is 47.8 Å². The number of nitrogens with one attached hydrogen (secondary N) is 1. The number of amides is 1. The third kappa shape index (κ3) is 4.79. The summed E-state index contributed by atoms with van der Waals surface area (Å²) in [5.74, 6) is 1.16. The van der Waals surface area contributed by atoms with Gasteiger partial charge >= 0.3 is 0 Å². The number of aromatic nitrogens is 3.